The Bertz CT molecular complexity index is 262. The van der Waals surface area contributed by atoms with E-state index in [4.69, 9.17) is 18.9 Å². The third kappa shape index (κ3) is 1.58. The zero-order chi connectivity index (χ0) is 11.1. The molecule has 0 aromatic carbocycles. The summed E-state index contributed by atoms with van der Waals surface area (Å²) in [5.41, 5.74) is 0. The molecule has 3 heterocycles. The summed E-state index contributed by atoms with van der Waals surface area (Å²) in [7, 11) is 1.67. The molecule has 5 atom stereocenters. The van der Waals surface area contributed by atoms with Gasteiger partial charge in [-0.1, -0.05) is 0 Å². The summed E-state index contributed by atoms with van der Waals surface area (Å²) in [5.74, 6) is 0. The number of hydrogen-bond acceptors (Lipinski definition) is 5. The molecule has 5 nitrogen and oxygen atoms in total. The lowest BCUT2D eigenvalue weighted by molar-refractivity contribution is -0.246. The zero-order valence-corrected chi connectivity index (χ0v) is 9.80. The molecule has 0 aliphatic carbocycles. The van der Waals surface area contributed by atoms with Gasteiger partial charge in [-0.15, -0.1) is 0 Å². The lowest BCUT2D eigenvalue weighted by Crippen LogP contribution is -2.53. The van der Waals surface area contributed by atoms with Gasteiger partial charge in [-0.3, -0.25) is 4.90 Å². The second-order valence-corrected chi connectivity index (χ2v) is 4.64. The Hall–Kier alpha value is -0.200. The minimum Gasteiger partial charge on any atom is -0.376 e. The highest BCUT2D eigenvalue weighted by Crippen LogP contribution is 2.35. The maximum atomic E-state index is 6.04. The van der Waals surface area contributed by atoms with Crippen LogP contribution in [0.15, 0.2) is 0 Å². The minimum absolute atomic E-state index is 0.0575. The number of ether oxygens (including phenoxy) is 4. The molecule has 0 aromatic heterocycles. The van der Waals surface area contributed by atoms with Gasteiger partial charge in [-0.2, -0.15) is 0 Å². The number of nitrogens with zero attached hydrogens (tertiary/aromatic N) is 1. The molecule has 3 rings (SSSR count). The summed E-state index contributed by atoms with van der Waals surface area (Å²) < 4.78 is 22.5. The molecule has 3 aliphatic heterocycles. The summed E-state index contributed by atoms with van der Waals surface area (Å²) in [6.45, 7) is 4.56. The fourth-order valence-electron chi connectivity index (χ4n) is 2.98. The molecule has 0 radical (unpaired) electrons. The molecule has 0 N–H and O–H groups in total. The molecule has 16 heavy (non-hydrogen) atoms. The predicted molar refractivity (Wildman–Crippen MR) is 55.9 cm³/mol. The van der Waals surface area contributed by atoms with Crippen LogP contribution in [-0.2, 0) is 18.9 Å². The maximum absolute atomic E-state index is 6.04. The van der Waals surface area contributed by atoms with Crippen LogP contribution in [-0.4, -0.2) is 62.5 Å². The zero-order valence-electron chi connectivity index (χ0n) is 9.80. The smallest absolute Gasteiger partial charge is 0.197 e. The van der Waals surface area contributed by atoms with Crippen molar-refractivity contribution >= 4 is 0 Å². The van der Waals surface area contributed by atoms with Crippen molar-refractivity contribution < 1.29 is 18.9 Å². The van der Waals surface area contributed by atoms with Crippen LogP contribution < -0.4 is 0 Å². The summed E-state index contributed by atoms with van der Waals surface area (Å²) in [6.07, 6.45) is 1.06. The average molecular weight is 229 g/mol. The van der Waals surface area contributed by atoms with E-state index in [0.717, 1.165) is 26.2 Å². The van der Waals surface area contributed by atoms with Crippen LogP contribution in [0.1, 0.15) is 13.3 Å². The Morgan fingerprint density at radius 1 is 1.25 bits per heavy atom. The van der Waals surface area contributed by atoms with Gasteiger partial charge in [0.2, 0.25) is 0 Å². The van der Waals surface area contributed by atoms with Crippen LogP contribution in [0.25, 0.3) is 0 Å². The van der Waals surface area contributed by atoms with Gasteiger partial charge in [-0.25, -0.2) is 0 Å². The third-order valence-electron chi connectivity index (χ3n) is 3.78. The first-order valence-electron chi connectivity index (χ1n) is 5.98. The van der Waals surface area contributed by atoms with Crippen LogP contribution >= 0.6 is 0 Å². The van der Waals surface area contributed by atoms with E-state index in [2.05, 4.69) is 11.8 Å². The number of methoxy groups -OCH3 is 1. The molecule has 3 saturated heterocycles. The molecule has 0 aromatic rings. The van der Waals surface area contributed by atoms with Crippen LogP contribution in [0.3, 0.4) is 0 Å². The molecule has 0 spiro atoms. The van der Waals surface area contributed by atoms with E-state index < -0.39 is 0 Å². The number of fused-ring (bicyclic) bond motifs is 3. The van der Waals surface area contributed by atoms with Crippen molar-refractivity contribution in [2.45, 2.75) is 44.1 Å². The van der Waals surface area contributed by atoms with Gasteiger partial charge >= 0.3 is 0 Å². The quantitative estimate of drug-likeness (QED) is 0.642. The normalized spacial score (nSPS) is 48.8. The van der Waals surface area contributed by atoms with Crippen molar-refractivity contribution in [2.24, 2.45) is 0 Å². The summed E-state index contributed by atoms with van der Waals surface area (Å²) in [6, 6.07) is 0.468. The molecule has 5 heteroatoms. The van der Waals surface area contributed by atoms with Crippen LogP contribution in [0.4, 0.5) is 0 Å². The summed E-state index contributed by atoms with van der Waals surface area (Å²) in [5, 5.41) is 0. The highest BCUT2D eigenvalue weighted by molar-refractivity contribution is 4.96. The maximum Gasteiger partial charge on any atom is 0.197 e. The van der Waals surface area contributed by atoms with E-state index in [9.17, 15) is 0 Å². The first-order chi connectivity index (χ1) is 7.81. The lowest BCUT2D eigenvalue weighted by atomic mass is 10.0. The second-order valence-electron chi connectivity index (χ2n) is 4.64. The van der Waals surface area contributed by atoms with Crippen molar-refractivity contribution in [1.82, 2.24) is 4.90 Å². The lowest BCUT2D eigenvalue weighted by Gasteiger charge is -2.37. The molecule has 1 unspecified atom stereocenters. The van der Waals surface area contributed by atoms with E-state index in [1.54, 1.807) is 7.11 Å². The van der Waals surface area contributed by atoms with Crippen LogP contribution in [0, 0.1) is 0 Å². The minimum atomic E-state index is -0.258. The monoisotopic (exact) mass is 229 g/mol. The number of morpholine rings is 1. The molecule has 92 valence electrons. The Morgan fingerprint density at radius 2 is 2.12 bits per heavy atom. The molecular weight excluding hydrogens is 210 g/mol. The topological polar surface area (TPSA) is 40.2 Å². The predicted octanol–water partition coefficient (Wildman–Crippen LogP) is 0.193. The van der Waals surface area contributed by atoms with E-state index in [-0.39, 0.29) is 24.7 Å². The molecule has 0 saturated carbocycles. The standard InChI is InChI=1S/C11H19NO4/c1-7-9-8(3-5-14-7)12-4-6-15-11(13-2)10(12)16-9/h7-11H,3-6H2,1-2H3/t7?,8-,9+,10+,11-/m0/s1. The number of hydrogen-bond donors (Lipinski definition) is 0. The summed E-state index contributed by atoms with van der Waals surface area (Å²) in [4.78, 5) is 2.38. The van der Waals surface area contributed by atoms with Gasteiger partial charge in [0.1, 0.15) is 6.10 Å². The van der Waals surface area contributed by atoms with Gasteiger partial charge < -0.3 is 18.9 Å². The Balaban J connectivity index is 1.79. The highest BCUT2D eigenvalue weighted by atomic mass is 16.7. The highest BCUT2D eigenvalue weighted by Gasteiger charge is 2.51. The third-order valence-corrected chi connectivity index (χ3v) is 3.78. The fraction of sp³-hybridized carbons (Fsp3) is 1.00. The first-order valence-corrected chi connectivity index (χ1v) is 5.98. The van der Waals surface area contributed by atoms with E-state index in [0.29, 0.717) is 6.04 Å². The largest absolute Gasteiger partial charge is 0.376 e. The molecule has 0 amide bonds. The van der Waals surface area contributed by atoms with E-state index in [1.807, 2.05) is 0 Å². The van der Waals surface area contributed by atoms with Gasteiger partial charge in [0.05, 0.1) is 12.7 Å². The van der Waals surface area contributed by atoms with Crippen LogP contribution in [0.2, 0.25) is 0 Å². The van der Waals surface area contributed by atoms with Crippen molar-refractivity contribution in [3.8, 4) is 0 Å². The van der Waals surface area contributed by atoms with Gasteiger partial charge in [0.15, 0.2) is 12.5 Å². The van der Waals surface area contributed by atoms with E-state index in [1.165, 1.54) is 0 Å². The van der Waals surface area contributed by atoms with Crippen molar-refractivity contribution in [3.05, 3.63) is 0 Å². The SMILES string of the molecule is CO[C@H]1OCCN2[C@@H]1O[C@@H]1C(C)OCC[C@@H]12. The summed E-state index contributed by atoms with van der Waals surface area (Å²) >= 11 is 0. The van der Waals surface area contributed by atoms with Crippen molar-refractivity contribution in [3.63, 3.8) is 0 Å². The van der Waals surface area contributed by atoms with Crippen molar-refractivity contribution in [1.29, 1.82) is 0 Å². The fourth-order valence-corrected chi connectivity index (χ4v) is 2.98. The Labute approximate surface area is 95.6 Å². The van der Waals surface area contributed by atoms with E-state index >= 15 is 0 Å². The second kappa shape index (κ2) is 4.23. The van der Waals surface area contributed by atoms with Crippen molar-refractivity contribution in [2.75, 3.05) is 26.9 Å². The van der Waals surface area contributed by atoms with Gasteiger partial charge in [0.25, 0.3) is 0 Å². The number of rotatable bonds is 1. The first kappa shape index (κ1) is 10.9. The average Bonchev–Trinajstić information content (AvgIpc) is 2.69. The Morgan fingerprint density at radius 3 is 2.94 bits per heavy atom. The van der Waals surface area contributed by atoms with Gasteiger partial charge in [0, 0.05) is 26.3 Å². The molecule has 0 bridgehead atoms. The molecule has 3 aliphatic rings. The Kier molecular flexibility index (Phi) is 2.89. The van der Waals surface area contributed by atoms with Crippen LogP contribution in [0.5, 0.6) is 0 Å². The molecular formula is C11H19NO4. The van der Waals surface area contributed by atoms with Gasteiger partial charge in [-0.05, 0) is 13.3 Å². The molecule has 3 fully saturated rings.